The summed E-state index contributed by atoms with van der Waals surface area (Å²) in [5.41, 5.74) is -1.98. The molecule has 0 spiro atoms. The Morgan fingerprint density at radius 3 is 2.08 bits per heavy atom. The number of nitrogens with one attached hydrogen (secondary N) is 1. The Morgan fingerprint density at radius 2 is 1.58 bits per heavy atom. The van der Waals surface area contributed by atoms with E-state index < -0.39 is 37.1 Å². The number of hydrogen-bond donors (Lipinski definition) is 1. The third kappa shape index (κ3) is 4.91. The molecule has 26 heavy (non-hydrogen) atoms. The van der Waals surface area contributed by atoms with Gasteiger partial charge in [-0.15, -0.1) is 0 Å². The highest BCUT2D eigenvalue weighted by Gasteiger charge is 2.38. The van der Waals surface area contributed by atoms with Gasteiger partial charge >= 0.3 is 0 Å². The Hall–Kier alpha value is -1.28. The zero-order chi connectivity index (χ0) is 19.5. The van der Waals surface area contributed by atoms with Crippen molar-refractivity contribution in [3.8, 4) is 0 Å². The SMILES string of the molecule is CC(C)(C)[S@@](=O)N[C@H](c1ccc(Cl)cc1)C(F)S(=O)(=O)c1ccccc1. The number of halogens is 2. The molecule has 2 aromatic carbocycles. The smallest absolute Gasteiger partial charge is 0.225 e. The fourth-order valence-corrected chi connectivity index (χ4v) is 4.59. The molecule has 8 heteroatoms. The van der Waals surface area contributed by atoms with Crippen LogP contribution in [-0.4, -0.2) is 22.9 Å². The molecule has 0 radical (unpaired) electrons. The summed E-state index contributed by atoms with van der Waals surface area (Å²) >= 11 is 5.87. The molecular formula is C18H21ClFNO3S2. The minimum Gasteiger partial charge on any atom is -0.242 e. The van der Waals surface area contributed by atoms with Gasteiger partial charge in [-0.2, -0.15) is 0 Å². The molecule has 2 rings (SSSR count). The van der Waals surface area contributed by atoms with Gasteiger partial charge in [-0.1, -0.05) is 41.9 Å². The van der Waals surface area contributed by atoms with E-state index in [1.807, 2.05) is 0 Å². The van der Waals surface area contributed by atoms with Crippen molar-refractivity contribution in [1.29, 1.82) is 0 Å². The van der Waals surface area contributed by atoms with E-state index in [4.69, 9.17) is 11.6 Å². The zero-order valence-electron chi connectivity index (χ0n) is 14.6. The monoisotopic (exact) mass is 417 g/mol. The molecule has 4 nitrogen and oxygen atoms in total. The fourth-order valence-electron chi connectivity index (χ4n) is 2.15. The molecule has 0 amide bonds. The minimum absolute atomic E-state index is 0.130. The summed E-state index contributed by atoms with van der Waals surface area (Å²) in [6.07, 6.45) is 0. The summed E-state index contributed by atoms with van der Waals surface area (Å²) in [5, 5.41) is 0.436. The lowest BCUT2D eigenvalue weighted by Crippen LogP contribution is -2.41. The number of rotatable bonds is 6. The molecule has 142 valence electrons. The van der Waals surface area contributed by atoms with Crippen molar-refractivity contribution in [2.75, 3.05) is 0 Å². The summed E-state index contributed by atoms with van der Waals surface area (Å²) < 4.78 is 55.1. The highest BCUT2D eigenvalue weighted by Crippen LogP contribution is 2.30. The normalized spacial score (nSPS) is 16.0. The van der Waals surface area contributed by atoms with E-state index in [0.717, 1.165) is 0 Å². The average molecular weight is 418 g/mol. The Labute approximate surface area is 161 Å². The summed E-state index contributed by atoms with van der Waals surface area (Å²) in [4.78, 5) is -0.130. The molecule has 3 atom stereocenters. The van der Waals surface area contributed by atoms with Crippen LogP contribution in [-0.2, 0) is 20.8 Å². The Balaban J connectivity index is 2.45. The van der Waals surface area contributed by atoms with Gasteiger partial charge in [0.05, 0.1) is 26.7 Å². The van der Waals surface area contributed by atoms with Crippen LogP contribution in [0.4, 0.5) is 4.39 Å². The predicted molar refractivity (Wildman–Crippen MR) is 104 cm³/mol. The zero-order valence-corrected chi connectivity index (χ0v) is 17.0. The summed E-state index contributed by atoms with van der Waals surface area (Å²) in [5.74, 6) is 0. The van der Waals surface area contributed by atoms with Crippen LogP contribution in [0.1, 0.15) is 32.4 Å². The second kappa shape index (κ2) is 8.17. The molecule has 0 aliphatic heterocycles. The van der Waals surface area contributed by atoms with Crippen LogP contribution in [0.2, 0.25) is 5.02 Å². The van der Waals surface area contributed by atoms with Crippen LogP contribution < -0.4 is 4.72 Å². The van der Waals surface area contributed by atoms with Crippen molar-refractivity contribution >= 4 is 32.4 Å². The van der Waals surface area contributed by atoms with Crippen LogP contribution in [0.3, 0.4) is 0 Å². The maximum atomic E-state index is 15.2. The lowest BCUT2D eigenvalue weighted by molar-refractivity contribution is 0.354. The molecule has 0 aliphatic carbocycles. The van der Waals surface area contributed by atoms with Gasteiger partial charge in [0.2, 0.25) is 15.3 Å². The first-order chi connectivity index (χ1) is 12.0. The largest absolute Gasteiger partial charge is 0.242 e. The molecule has 0 fully saturated rings. The van der Waals surface area contributed by atoms with Gasteiger partial charge in [-0.3, -0.25) is 0 Å². The summed E-state index contributed by atoms with van der Waals surface area (Å²) in [6.45, 7) is 5.15. The molecule has 0 aliphatic rings. The van der Waals surface area contributed by atoms with Gasteiger partial charge in [0.1, 0.15) is 0 Å². The van der Waals surface area contributed by atoms with Crippen molar-refractivity contribution < 1.29 is 17.0 Å². The van der Waals surface area contributed by atoms with E-state index in [1.165, 1.54) is 48.5 Å². The van der Waals surface area contributed by atoms with E-state index >= 15 is 4.39 Å². The second-order valence-corrected chi connectivity index (χ2v) is 11.2. The van der Waals surface area contributed by atoms with Gasteiger partial charge in [0.25, 0.3) is 0 Å². The van der Waals surface area contributed by atoms with Crippen LogP contribution in [0.5, 0.6) is 0 Å². The van der Waals surface area contributed by atoms with Crippen molar-refractivity contribution in [3.05, 3.63) is 65.2 Å². The lowest BCUT2D eigenvalue weighted by atomic mass is 10.1. The van der Waals surface area contributed by atoms with Crippen molar-refractivity contribution in [2.24, 2.45) is 0 Å². The summed E-state index contributed by atoms with van der Waals surface area (Å²) in [6, 6.07) is 12.2. The highest BCUT2D eigenvalue weighted by atomic mass is 35.5. The molecule has 1 N–H and O–H groups in total. The average Bonchev–Trinajstić information content (AvgIpc) is 2.59. The molecule has 0 saturated heterocycles. The standard InChI is InChI=1S/C18H21ClFNO3S2/c1-18(2,3)25(22)21-16(13-9-11-14(19)12-10-13)17(20)26(23,24)15-7-5-4-6-8-15/h4-12,16-17,21H,1-3H3/t16-,17?,25-/m1/s1. The van der Waals surface area contributed by atoms with E-state index in [9.17, 15) is 12.6 Å². The second-order valence-electron chi connectivity index (χ2n) is 6.74. The molecule has 0 aromatic heterocycles. The van der Waals surface area contributed by atoms with Gasteiger partial charge < -0.3 is 0 Å². The third-order valence-corrected chi connectivity index (χ3v) is 7.28. The number of hydrogen-bond acceptors (Lipinski definition) is 3. The Morgan fingerprint density at radius 1 is 1.04 bits per heavy atom. The van der Waals surface area contributed by atoms with Gasteiger partial charge in [-0.05, 0) is 50.6 Å². The molecule has 1 unspecified atom stereocenters. The maximum Gasteiger partial charge on any atom is 0.225 e. The number of benzene rings is 2. The molecule has 0 saturated carbocycles. The first-order valence-electron chi connectivity index (χ1n) is 7.90. The first kappa shape index (κ1) is 21.0. The maximum absolute atomic E-state index is 15.2. The topological polar surface area (TPSA) is 63.2 Å². The van der Waals surface area contributed by atoms with Crippen molar-refractivity contribution in [2.45, 2.75) is 42.0 Å². The fraction of sp³-hybridized carbons (Fsp3) is 0.333. The van der Waals surface area contributed by atoms with Crippen LogP contribution in [0.25, 0.3) is 0 Å². The van der Waals surface area contributed by atoms with E-state index in [1.54, 1.807) is 26.8 Å². The van der Waals surface area contributed by atoms with Crippen LogP contribution in [0.15, 0.2) is 59.5 Å². The predicted octanol–water partition coefficient (Wildman–Crippen LogP) is 4.20. The number of alkyl halides is 1. The van der Waals surface area contributed by atoms with Gasteiger partial charge in [0, 0.05) is 5.02 Å². The van der Waals surface area contributed by atoms with Gasteiger partial charge in [-0.25, -0.2) is 21.7 Å². The number of sulfone groups is 1. The third-order valence-electron chi connectivity index (χ3n) is 3.65. The Bertz CT molecular complexity index is 866. The minimum atomic E-state index is -4.28. The Kier molecular flexibility index (Phi) is 6.60. The molecule has 0 bridgehead atoms. The van der Waals surface area contributed by atoms with Crippen molar-refractivity contribution in [1.82, 2.24) is 4.72 Å². The van der Waals surface area contributed by atoms with Crippen LogP contribution in [0, 0.1) is 0 Å². The molecule has 2 aromatic rings. The quantitative estimate of drug-likeness (QED) is 0.766. The van der Waals surface area contributed by atoms with E-state index in [2.05, 4.69) is 4.72 Å². The van der Waals surface area contributed by atoms with Gasteiger partial charge in [0.15, 0.2) is 0 Å². The van der Waals surface area contributed by atoms with E-state index in [0.29, 0.717) is 10.6 Å². The summed E-state index contributed by atoms with van der Waals surface area (Å²) in [7, 11) is -5.96. The molecular weight excluding hydrogens is 397 g/mol. The van der Waals surface area contributed by atoms with Crippen molar-refractivity contribution in [3.63, 3.8) is 0 Å². The van der Waals surface area contributed by atoms with E-state index in [-0.39, 0.29) is 4.90 Å². The highest BCUT2D eigenvalue weighted by molar-refractivity contribution is 7.92. The lowest BCUT2D eigenvalue weighted by Gasteiger charge is -2.27. The van der Waals surface area contributed by atoms with Crippen LogP contribution >= 0.6 is 11.6 Å². The first-order valence-corrected chi connectivity index (χ1v) is 11.0. The molecule has 0 heterocycles.